The second-order valence-corrected chi connectivity index (χ2v) is 5.95. The Morgan fingerprint density at radius 1 is 1.04 bits per heavy atom. The second kappa shape index (κ2) is 7.86. The average molecular weight is 370 g/mol. The summed E-state index contributed by atoms with van der Waals surface area (Å²) in [7, 11) is 1.43. The average Bonchev–Trinajstić information content (AvgIpc) is 2.92. The summed E-state index contributed by atoms with van der Waals surface area (Å²) in [5.41, 5.74) is 0.676. The molecule has 0 atom stereocenters. The van der Waals surface area contributed by atoms with E-state index in [1.165, 1.54) is 24.1 Å². The number of amides is 2. The molecule has 3 rings (SSSR count). The fourth-order valence-electron chi connectivity index (χ4n) is 2.89. The molecule has 0 N–H and O–H groups in total. The summed E-state index contributed by atoms with van der Waals surface area (Å²) in [5.74, 6) is -0.0502. The van der Waals surface area contributed by atoms with E-state index in [4.69, 9.17) is 9.47 Å². The van der Waals surface area contributed by atoms with Gasteiger partial charge in [-0.3, -0.25) is 24.6 Å². The highest BCUT2D eigenvalue weighted by atomic mass is 16.6. The maximum absolute atomic E-state index is 12.3. The first-order chi connectivity index (χ1) is 13.0. The van der Waals surface area contributed by atoms with Crippen LogP contribution in [0.3, 0.4) is 0 Å². The van der Waals surface area contributed by atoms with Gasteiger partial charge in [0, 0.05) is 6.54 Å². The van der Waals surface area contributed by atoms with Crippen molar-refractivity contribution in [3.05, 3.63) is 63.7 Å². The Kier molecular flexibility index (Phi) is 5.35. The van der Waals surface area contributed by atoms with Crippen LogP contribution in [0.15, 0.2) is 42.5 Å². The standard InChI is InChI=1S/C19H18N2O6/c1-26-13-8-9-17(16(12-13)21(24)25)27-11-5-4-10-20-18(22)14-6-2-3-7-15(14)19(20)23/h2-3,6-9,12H,4-5,10-11H2,1H3. The summed E-state index contributed by atoms with van der Waals surface area (Å²) in [6.07, 6.45) is 1.08. The first-order valence-electron chi connectivity index (χ1n) is 8.43. The highest BCUT2D eigenvalue weighted by Crippen LogP contribution is 2.31. The van der Waals surface area contributed by atoms with Gasteiger partial charge >= 0.3 is 5.69 Å². The molecule has 1 heterocycles. The van der Waals surface area contributed by atoms with Crippen LogP contribution in [0, 0.1) is 10.1 Å². The number of nitro groups is 1. The van der Waals surface area contributed by atoms with E-state index < -0.39 is 4.92 Å². The number of nitrogens with zero attached hydrogens (tertiary/aromatic N) is 2. The monoisotopic (exact) mass is 370 g/mol. The zero-order chi connectivity index (χ0) is 19.4. The lowest BCUT2D eigenvalue weighted by Crippen LogP contribution is -2.30. The van der Waals surface area contributed by atoms with E-state index >= 15 is 0 Å². The van der Waals surface area contributed by atoms with Crippen LogP contribution in [-0.2, 0) is 0 Å². The molecule has 27 heavy (non-hydrogen) atoms. The van der Waals surface area contributed by atoms with Gasteiger partial charge in [-0.1, -0.05) is 12.1 Å². The highest BCUT2D eigenvalue weighted by molar-refractivity contribution is 6.21. The third kappa shape index (κ3) is 3.74. The lowest BCUT2D eigenvalue weighted by molar-refractivity contribution is -0.385. The number of ether oxygens (including phenoxy) is 2. The Balaban J connectivity index is 1.51. The van der Waals surface area contributed by atoms with Gasteiger partial charge in [-0.05, 0) is 37.1 Å². The molecule has 2 aromatic carbocycles. The molecule has 0 unspecified atom stereocenters. The molecule has 2 amide bonds. The quantitative estimate of drug-likeness (QED) is 0.306. The Labute approximate surface area is 155 Å². The number of methoxy groups -OCH3 is 1. The predicted molar refractivity (Wildman–Crippen MR) is 96.2 cm³/mol. The van der Waals surface area contributed by atoms with Crippen LogP contribution in [0.2, 0.25) is 0 Å². The van der Waals surface area contributed by atoms with Crippen LogP contribution in [0.4, 0.5) is 5.69 Å². The molecule has 2 aromatic rings. The van der Waals surface area contributed by atoms with Crippen molar-refractivity contribution in [3.63, 3.8) is 0 Å². The first-order valence-corrected chi connectivity index (χ1v) is 8.43. The van der Waals surface area contributed by atoms with Crippen LogP contribution in [0.25, 0.3) is 0 Å². The van der Waals surface area contributed by atoms with E-state index in [-0.39, 0.29) is 36.4 Å². The van der Waals surface area contributed by atoms with Gasteiger partial charge in [0.1, 0.15) is 5.75 Å². The Hall–Kier alpha value is -3.42. The number of imide groups is 1. The lowest BCUT2D eigenvalue weighted by Gasteiger charge is -2.13. The molecule has 0 saturated carbocycles. The minimum absolute atomic E-state index is 0.154. The van der Waals surface area contributed by atoms with Crippen LogP contribution < -0.4 is 9.47 Å². The third-order valence-electron chi connectivity index (χ3n) is 4.27. The Bertz CT molecular complexity index is 861. The normalized spacial score (nSPS) is 12.9. The summed E-state index contributed by atoms with van der Waals surface area (Å²) in [6, 6.07) is 11.1. The third-order valence-corrected chi connectivity index (χ3v) is 4.27. The number of hydrogen-bond acceptors (Lipinski definition) is 6. The summed E-state index contributed by atoms with van der Waals surface area (Å²) < 4.78 is 10.5. The van der Waals surface area contributed by atoms with Gasteiger partial charge in [0.15, 0.2) is 5.75 Å². The van der Waals surface area contributed by atoms with Crippen LogP contribution in [0.1, 0.15) is 33.6 Å². The molecule has 1 aliphatic heterocycles. The van der Waals surface area contributed by atoms with E-state index in [1.54, 1.807) is 30.3 Å². The highest BCUT2D eigenvalue weighted by Gasteiger charge is 2.34. The molecule has 140 valence electrons. The number of rotatable bonds is 8. The molecule has 8 heteroatoms. The first kappa shape index (κ1) is 18.4. The van der Waals surface area contributed by atoms with Crippen LogP contribution in [0.5, 0.6) is 11.5 Å². The Morgan fingerprint density at radius 3 is 2.30 bits per heavy atom. The van der Waals surface area contributed by atoms with Crippen LogP contribution >= 0.6 is 0 Å². The van der Waals surface area contributed by atoms with E-state index in [0.717, 1.165) is 0 Å². The van der Waals surface area contributed by atoms with Crippen molar-refractivity contribution in [1.82, 2.24) is 4.90 Å². The fourth-order valence-corrected chi connectivity index (χ4v) is 2.89. The van der Waals surface area contributed by atoms with Gasteiger partial charge in [0.25, 0.3) is 11.8 Å². The maximum Gasteiger partial charge on any atom is 0.314 e. The van der Waals surface area contributed by atoms with Crippen molar-refractivity contribution in [2.75, 3.05) is 20.3 Å². The van der Waals surface area contributed by atoms with E-state index in [1.807, 2.05) is 0 Å². The smallest absolute Gasteiger partial charge is 0.314 e. The van der Waals surface area contributed by atoms with Gasteiger partial charge < -0.3 is 9.47 Å². The van der Waals surface area contributed by atoms with Crippen molar-refractivity contribution in [2.45, 2.75) is 12.8 Å². The minimum atomic E-state index is -0.531. The molecule has 0 spiro atoms. The van der Waals surface area contributed by atoms with Crippen molar-refractivity contribution >= 4 is 17.5 Å². The predicted octanol–water partition coefficient (Wildman–Crippen LogP) is 3.06. The summed E-state index contributed by atoms with van der Waals surface area (Å²) in [6.45, 7) is 0.511. The summed E-state index contributed by atoms with van der Waals surface area (Å²) in [5, 5.41) is 11.1. The molecule has 0 radical (unpaired) electrons. The number of unbranched alkanes of at least 4 members (excludes halogenated alkanes) is 1. The number of nitro benzene ring substituents is 1. The molecule has 0 saturated heterocycles. The van der Waals surface area contributed by atoms with Gasteiger partial charge in [-0.25, -0.2) is 0 Å². The van der Waals surface area contributed by atoms with Gasteiger partial charge in [-0.15, -0.1) is 0 Å². The van der Waals surface area contributed by atoms with E-state index in [0.29, 0.717) is 29.7 Å². The number of carbonyl (C=O) groups is 2. The minimum Gasteiger partial charge on any atom is -0.496 e. The summed E-state index contributed by atoms with van der Waals surface area (Å²) in [4.78, 5) is 36.3. The van der Waals surface area contributed by atoms with Gasteiger partial charge in [0.2, 0.25) is 0 Å². The second-order valence-electron chi connectivity index (χ2n) is 5.95. The Morgan fingerprint density at radius 2 is 1.70 bits per heavy atom. The molecule has 0 aliphatic carbocycles. The SMILES string of the molecule is COc1ccc(OCCCCN2C(=O)c3ccccc3C2=O)c([N+](=O)[O-])c1. The van der Waals surface area contributed by atoms with Gasteiger partial charge in [0.05, 0.1) is 35.8 Å². The number of carbonyl (C=O) groups excluding carboxylic acids is 2. The molecule has 8 nitrogen and oxygen atoms in total. The lowest BCUT2D eigenvalue weighted by atomic mass is 10.1. The largest absolute Gasteiger partial charge is 0.496 e. The van der Waals surface area contributed by atoms with Crippen molar-refractivity contribution in [2.24, 2.45) is 0 Å². The molecule has 0 aromatic heterocycles. The van der Waals surface area contributed by atoms with E-state index in [2.05, 4.69) is 0 Å². The topological polar surface area (TPSA) is 99.0 Å². The molecule has 0 fully saturated rings. The van der Waals surface area contributed by atoms with Crippen molar-refractivity contribution < 1.29 is 24.0 Å². The number of fused-ring (bicyclic) bond motifs is 1. The molecular weight excluding hydrogens is 352 g/mol. The zero-order valence-corrected chi connectivity index (χ0v) is 14.7. The van der Waals surface area contributed by atoms with Crippen molar-refractivity contribution in [1.29, 1.82) is 0 Å². The number of hydrogen-bond donors (Lipinski definition) is 0. The van der Waals surface area contributed by atoms with Crippen molar-refractivity contribution in [3.8, 4) is 11.5 Å². The molecule has 0 bridgehead atoms. The van der Waals surface area contributed by atoms with Gasteiger partial charge in [-0.2, -0.15) is 0 Å². The number of benzene rings is 2. The fraction of sp³-hybridized carbons (Fsp3) is 0.263. The molecule has 1 aliphatic rings. The maximum atomic E-state index is 12.3. The summed E-state index contributed by atoms with van der Waals surface area (Å²) >= 11 is 0. The molecular formula is C19H18N2O6. The van der Waals surface area contributed by atoms with E-state index in [9.17, 15) is 19.7 Å². The van der Waals surface area contributed by atoms with Crippen LogP contribution in [-0.4, -0.2) is 41.9 Å². The zero-order valence-electron chi connectivity index (χ0n) is 14.7.